The van der Waals surface area contributed by atoms with Crippen LogP contribution >= 0.6 is 11.3 Å². The van der Waals surface area contributed by atoms with Crippen molar-refractivity contribution in [3.05, 3.63) is 57.9 Å². The SMILES string of the molecule is COc1ccc(CCNC(=O)c2cc3n(n2)C(C(F)(F)F)CC(c2cccs2)N3)cc1OC. The van der Waals surface area contributed by atoms with Crippen molar-refractivity contribution in [3.8, 4) is 11.5 Å². The molecule has 3 aromatic rings. The van der Waals surface area contributed by atoms with Gasteiger partial charge in [0.2, 0.25) is 0 Å². The quantitative estimate of drug-likeness (QED) is 0.517. The minimum absolute atomic E-state index is 0.0640. The van der Waals surface area contributed by atoms with Gasteiger partial charge < -0.3 is 20.1 Å². The molecule has 2 atom stereocenters. The van der Waals surface area contributed by atoms with Crippen LogP contribution in [-0.4, -0.2) is 42.6 Å². The number of nitrogens with zero attached hydrogens (tertiary/aromatic N) is 2. The zero-order chi connectivity index (χ0) is 23.6. The van der Waals surface area contributed by atoms with E-state index in [9.17, 15) is 18.0 Å². The van der Waals surface area contributed by atoms with Crippen LogP contribution in [0.1, 0.15) is 39.4 Å². The predicted octanol–water partition coefficient (Wildman–Crippen LogP) is 4.59. The van der Waals surface area contributed by atoms with E-state index in [0.717, 1.165) is 15.1 Å². The van der Waals surface area contributed by atoms with Gasteiger partial charge in [-0.15, -0.1) is 11.3 Å². The van der Waals surface area contributed by atoms with E-state index in [4.69, 9.17) is 9.47 Å². The molecule has 3 heterocycles. The Kier molecular flexibility index (Phi) is 6.50. The molecule has 1 aliphatic heterocycles. The number of ether oxygens (including phenoxy) is 2. The fourth-order valence-corrected chi connectivity index (χ4v) is 4.60. The lowest BCUT2D eigenvalue weighted by Crippen LogP contribution is -2.35. The van der Waals surface area contributed by atoms with Gasteiger partial charge in [-0.3, -0.25) is 4.79 Å². The lowest BCUT2D eigenvalue weighted by atomic mass is 10.0. The van der Waals surface area contributed by atoms with Crippen molar-refractivity contribution in [1.29, 1.82) is 0 Å². The van der Waals surface area contributed by atoms with Gasteiger partial charge in [0, 0.05) is 23.9 Å². The van der Waals surface area contributed by atoms with Crippen molar-refractivity contribution >= 4 is 23.1 Å². The Labute approximate surface area is 192 Å². The van der Waals surface area contributed by atoms with E-state index in [2.05, 4.69) is 15.7 Å². The Balaban J connectivity index is 1.45. The monoisotopic (exact) mass is 480 g/mol. The molecule has 0 radical (unpaired) electrons. The first-order valence-corrected chi connectivity index (χ1v) is 11.1. The van der Waals surface area contributed by atoms with E-state index in [0.29, 0.717) is 17.9 Å². The van der Waals surface area contributed by atoms with E-state index < -0.39 is 24.2 Å². The highest BCUT2D eigenvalue weighted by molar-refractivity contribution is 7.10. The molecule has 4 rings (SSSR count). The molecular weight excluding hydrogens is 457 g/mol. The molecule has 0 aliphatic carbocycles. The Hall–Kier alpha value is -3.21. The third-order valence-electron chi connectivity index (χ3n) is 5.46. The number of rotatable bonds is 7. The second-order valence-corrected chi connectivity index (χ2v) is 8.54. The van der Waals surface area contributed by atoms with Crippen LogP contribution in [0.25, 0.3) is 0 Å². The van der Waals surface area contributed by atoms with Crippen LogP contribution in [0.15, 0.2) is 41.8 Å². The summed E-state index contributed by atoms with van der Waals surface area (Å²) in [4.78, 5) is 13.4. The number of carbonyl (C=O) groups is 1. The number of amides is 1. The Morgan fingerprint density at radius 2 is 2.03 bits per heavy atom. The summed E-state index contributed by atoms with van der Waals surface area (Å²) in [5, 5.41) is 11.6. The molecule has 0 fully saturated rings. The van der Waals surface area contributed by atoms with E-state index in [1.807, 2.05) is 17.5 Å². The van der Waals surface area contributed by atoms with Crippen molar-refractivity contribution in [2.24, 2.45) is 0 Å². The Morgan fingerprint density at radius 1 is 1.24 bits per heavy atom. The van der Waals surface area contributed by atoms with Crippen LogP contribution in [0.4, 0.5) is 19.0 Å². The van der Waals surface area contributed by atoms with Gasteiger partial charge in [-0.2, -0.15) is 18.3 Å². The molecule has 0 saturated carbocycles. The maximum Gasteiger partial charge on any atom is 0.410 e. The lowest BCUT2D eigenvalue weighted by molar-refractivity contribution is -0.173. The Bertz CT molecular complexity index is 1110. The van der Waals surface area contributed by atoms with Crippen molar-refractivity contribution in [2.45, 2.75) is 31.1 Å². The van der Waals surface area contributed by atoms with Gasteiger partial charge in [0.05, 0.1) is 20.3 Å². The van der Waals surface area contributed by atoms with Crippen LogP contribution < -0.4 is 20.1 Å². The van der Waals surface area contributed by atoms with Crippen LogP contribution in [0.3, 0.4) is 0 Å². The minimum Gasteiger partial charge on any atom is -0.493 e. The number of carbonyl (C=O) groups excluding carboxylic acids is 1. The maximum absolute atomic E-state index is 13.7. The predicted molar refractivity (Wildman–Crippen MR) is 118 cm³/mol. The van der Waals surface area contributed by atoms with Gasteiger partial charge in [-0.05, 0) is 35.6 Å². The van der Waals surface area contributed by atoms with Gasteiger partial charge in [0.25, 0.3) is 5.91 Å². The molecule has 176 valence electrons. The number of nitrogens with one attached hydrogen (secondary N) is 2. The molecular formula is C22H23F3N4O3S. The van der Waals surface area contributed by atoms with E-state index in [1.54, 1.807) is 25.3 Å². The first kappa shape index (κ1) is 23.0. The first-order chi connectivity index (χ1) is 15.8. The number of thiophene rings is 1. The Morgan fingerprint density at radius 3 is 2.70 bits per heavy atom. The molecule has 2 unspecified atom stereocenters. The van der Waals surface area contributed by atoms with E-state index in [-0.39, 0.29) is 24.5 Å². The molecule has 7 nitrogen and oxygen atoms in total. The highest BCUT2D eigenvalue weighted by Crippen LogP contribution is 2.44. The molecule has 1 amide bonds. The number of hydrogen-bond donors (Lipinski definition) is 2. The van der Waals surface area contributed by atoms with Gasteiger partial charge in [0.1, 0.15) is 5.82 Å². The number of hydrogen-bond acceptors (Lipinski definition) is 6. The second-order valence-electron chi connectivity index (χ2n) is 7.56. The standard InChI is InChI=1S/C22H23F3N4O3S/c1-31-16-6-5-13(10-17(16)32-2)7-8-26-21(30)15-12-20-27-14(18-4-3-9-33-18)11-19(22(23,24)25)29(20)28-15/h3-6,9-10,12,14,19,27H,7-8,11H2,1-2H3,(H,26,30). The van der Waals surface area contributed by atoms with Crippen LogP contribution in [0.5, 0.6) is 11.5 Å². The van der Waals surface area contributed by atoms with Gasteiger partial charge in [0.15, 0.2) is 23.2 Å². The van der Waals surface area contributed by atoms with Crippen LogP contribution in [0, 0.1) is 0 Å². The fourth-order valence-electron chi connectivity index (χ4n) is 3.81. The number of benzene rings is 1. The summed E-state index contributed by atoms with van der Waals surface area (Å²) in [6.07, 6.45) is -4.18. The average Bonchev–Trinajstić information content (AvgIpc) is 3.47. The molecule has 11 heteroatoms. The normalized spacial score (nSPS) is 17.7. The minimum atomic E-state index is -4.49. The molecule has 0 saturated heterocycles. The smallest absolute Gasteiger partial charge is 0.410 e. The fraction of sp³-hybridized carbons (Fsp3) is 0.364. The molecule has 0 bridgehead atoms. The summed E-state index contributed by atoms with van der Waals surface area (Å²) in [7, 11) is 3.08. The van der Waals surface area contributed by atoms with E-state index in [1.165, 1.54) is 24.5 Å². The zero-order valence-electron chi connectivity index (χ0n) is 18.0. The molecule has 1 aliphatic rings. The molecule has 2 N–H and O–H groups in total. The van der Waals surface area contributed by atoms with Gasteiger partial charge in [-0.1, -0.05) is 12.1 Å². The number of aromatic nitrogens is 2. The summed E-state index contributed by atoms with van der Waals surface area (Å²) in [6, 6.07) is 8.08. The van der Waals surface area contributed by atoms with Crippen molar-refractivity contribution in [2.75, 3.05) is 26.1 Å². The first-order valence-electron chi connectivity index (χ1n) is 10.3. The van der Waals surface area contributed by atoms with Gasteiger partial charge >= 0.3 is 6.18 Å². The average molecular weight is 481 g/mol. The van der Waals surface area contributed by atoms with Crippen molar-refractivity contribution in [3.63, 3.8) is 0 Å². The number of fused-ring (bicyclic) bond motifs is 1. The number of halogens is 3. The maximum atomic E-state index is 13.7. The molecule has 2 aromatic heterocycles. The molecule has 0 spiro atoms. The summed E-state index contributed by atoms with van der Waals surface area (Å²) in [5.74, 6) is 0.814. The van der Waals surface area contributed by atoms with Crippen molar-refractivity contribution in [1.82, 2.24) is 15.1 Å². The molecule has 33 heavy (non-hydrogen) atoms. The van der Waals surface area contributed by atoms with Crippen LogP contribution in [-0.2, 0) is 6.42 Å². The number of alkyl halides is 3. The summed E-state index contributed by atoms with van der Waals surface area (Å²) >= 11 is 1.39. The zero-order valence-corrected chi connectivity index (χ0v) is 18.8. The molecule has 1 aromatic carbocycles. The largest absolute Gasteiger partial charge is 0.493 e. The van der Waals surface area contributed by atoms with Crippen molar-refractivity contribution < 1.29 is 27.4 Å². The second kappa shape index (κ2) is 9.34. The van der Waals surface area contributed by atoms with Gasteiger partial charge in [-0.25, -0.2) is 4.68 Å². The third kappa shape index (κ3) is 4.92. The number of methoxy groups -OCH3 is 2. The topological polar surface area (TPSA) is 77.4 Å². The summed E-state index contributed by atoms with van der Waals surface area (Å²) < 4.78 is 52.6. The number of anilines is 1. The van der Waals surface area contributed by atoms with E-state index >= 15 is 0 Å². The highest BCUT2D eigenvalue weighted by Gasteiger charge is 2.47. The lowest BCUT2D eigenvalue weighted by Gasteiger charge is -2.32. The highest BCUT2D eigenvalue weighted by atomic mass is 32.1. The summed E-state index contributed by atoms with van der Waals surface area (Å²) in [6.45, 7) is 0.282. The summed E-state index contributed by atoms with van der Waals surface area (Å²) in [5.41, 5.74) is 0.848. The third-order valence-corrected chi connectivity index (χ3v) is 6.44. The van der Waals surface area contributed by atoms with Crippen LogP contribution in [0.2, 0.25) is 0 Å².